The molecule has 46 heavy (non-hydrogen) atoms. The van der Waals surface area contributed by atoms with Gasteiger partial charge in [-0.2, -0.15) is 0 Å². The number of rotatable bonds is 3. The molecule has 11 nitrogen and oxygen atoms in total. The van der Waals surface area contributed by atoms with E-state index in [1.165, 1.54) is 19.4 Å². The molecule has 0 radical (unpaired) electrons. The first-order valence-electron chi connectivity index (χ1n) is 14.7. The number of aromatic nitrogens is 1. The van der Waals surface area contributed by atoms with Crippen LogP contribution in [-0.4, -0.2) is 70.4 Å². The van der Waals surface area contributed by atoms with Gasteiger partial charge in [0.15, 0.2) is 27.9 Å². The number of sulfone groups is 1. The van der Waals surface area contributed by atoms with Gasteiger partial charge in [0.25, 0.3) is 11.8 Å². The summed E-state index contributed by atoms with van der Waals surface area (Å²) in [6.45, 7) is 2.80. The Hall–Kier alpha value is -5.10. The molecule has 12 heteroatoms. The smallest absolute Gasteiger partial charge is 0.258 e. The van der Waals surface area contributed by atoms with Crippen molar-refractivity contribution >= 4 is 27.5 Å². The molecule has 0 unspecified atom stereocenters. The van der Waals surface area contributed by atoms with Crippen LogP contribution in [0, 0.1) is 6.92 Å². The molecule has 4 aromatic rings. The van der Waals surface area contributed by atoms with Gasteiger partial charge in [-0.25, -0.2) is 13.4 Å². The molecular formula is C34H34N4O7S. The Morgan fingerprint density at radius 2 is 1.83 bits per heavy atom. The third-order valence-electron chi connectivity index (χ3n) is 8.07. The second kappa shape index (κ2) is 12.7. The number of methoxy groups -OCH3 is 1. The Kier molecular flexibility index (Phi) is 8.55. The van der Waals surface area contributed by atoms with Gasteiger partial charge in [0.1, 0.15) is 17.7 Å². The van der Waals surface area contributed by atoms with Gasteiger partial charge in [0.2, 0.25) is 0 Å². The summed E-state index contributed by atoms with van der Waals surface area (Å²) in [4.78, 5) is 32.8. The molecule has 2 atom stereocenters. The maximum absolute atomic E-state index is 13.8. The molecule has 0 aliphatic carbocycles. The first-order valence-corrected chi connectivity index (χ1v) is 16.6. The van der Waals surface area contributed by atoms with Gasteiger partial charge >= 0.3 is 0 Å². The Balaban J connectivity index is 1.36. The normalized spacial score (nSPS) is 18.5. The number of nitrogens with one attached hydrogen (secondary N) is 2. The van der Waals surface area contributed by atoms with Crippen molar-refractivity contribution in [2.45, 2.75) is 30.5 Å². The number of benzene rings is 3. The fourth-order valence-corrected chi connectivity index (χ4v) is 6.12. The number of ether oxygens (including phenoxy) is 3. The van der Waals surface area contributed by atoms with Crippen molar-refractivity contribution in [3.8, 4) is 28.4 Å². The molecule has 3 aliphatic rings. The average Bonchev–Trinajstić information content (AvgIpc) is 3.44. The predicted octanol–water partition coefficient (Wildman–Crippen LogP) is 3.54. The van der Waals surface area contributed by atoms with Gasteiger partial charge < -0.3 is 29.7 Å². The zero-order chi connectivity index (χ0) is 32.4. The maximum atomic E-state index is 13.8. The fourth-order valence-electron chi connectivity index (χ4n) is 5.56. The zero-order valence-electron chi connectivity index (χ0n) is 25.6. The number of carbonyl (C=O) groups is 2. The highest BCUT2D eigenvalue weighted by molar-refractivity contribution is 7.90. The number of amides is 2. The van der Waals surface area contributed by atoms with E-state index in [1.54, 1.807) is 30.3 Å². The van der Waals surface area contributed by atoms with Crippen molar-refractivity contribution in [3.05, 3.63) is 95.7 Å². The van der Waals surface area contributed by atoms with Crippen LogP contribution in [0.25, 0.3) is 11.1 Å². The lowest BCUT2D eigenvalue weighted by molar-refractivity contribution is -0.123. The van der Waals surface area contributed by atoms with E-state index in [2.05, 4.69) is 15.6 Å². The molecule has 0 saturated carbocycles. The van der Waals surface area contributed by atoms with Crippen LogP contribution in [0.3, 0.4) is 0 Å². The van der Waals surface area contributed by atoms with E-state index in [0.29, 0.717) is 41.7 Å². The van der Waals surface area contributed by atoms with Crippen molar-refractivity contribution in [1.82, 2.24) is 15.6 Å². The molecule has 2 amide bonds. The van der Waals surface area contributed by atoms with E-state index in [-0.39, 0.29) is 29.9 Å². The molecule has 3 aromatic carbocycles. The van der Waals surface area contributed by atoms with Gasteiger partial charge in [-0.05, 0) is 77.7 Å². The molecule has 0 spiro atoms. The summed E-state index contributed by atoms with van der Waals surface area (Å²) in [7, 11) is -1.87. The molecular weight excluding hydrogens is 608 g/mol. The van der Waals surface area contributed by atoms with Crippen LogP contribution in [0.2, 0.25) is 0 Å². The van der Waals surface area contributed by atoms with E-state index in [0.717, 1.165) is 28.5 Å². The number of hydrogen-bond acceptors (Lipinski definition) is 9. The zero-order valence-corrected chi connectivity index (χ0v) is 26.5. The minimum Gasteiger partial charge on any atom is -0.493 e. The van der Waals surface area contributed by atoms with Crippen LogP contribution in [0.15, 0.2) is 83.9 Å². The molecule has 2 N–H and O–H groups in total. The summed E-state index contributed by atoms with van der Waals surface area (Å²) in [6.07, 6.45) is 1.96. The maximum Gasteiger partial charge on any atom is 0.258 e. The fraction of sp³-hybridized carbons (Fsp3) is 0.265. The monoisotopic (exact) mass is 642 g/mol. The van der Waals surface area contributed by atoms with Crippen molar-refractivity contribution in [2.75, 3.05) is 38.0 Å². The van der Waals surface area contributed by atoms with Gasteiger partial charge in [-0.1, -0.05) is 24.3 Å². The summed E-state index contributed by atoms with van der Waals surface area (Å²) in [5, 5.41) is 6.04. The largest absolute Gasteiger partial charge is 0.493 e. The Morgan fingerprint density at radius 3 is 2.59 bits per heavy atom. The molecule has 1 saturated heterocycles. The third kappa shape index (κ3) is 6.76. The molecule has 238 valence electrons. The third-order valence-corrected chi connectivity index (χ3v) is 9.16. The summed E-state index contributed by atoms with van der Waals surface area (Å²) >= 11 is 0. The number of aryl methyl sites for hydroxylation is 1. The summed E-state index contributed by atoms with van der Waals surface area (Å²) in [5.41, 5.74) is 3.95. The predicted molar refractivity (Wildman–Crippen MR) is 172 cm³/mol. The van der Waals surface area contributed by atoms with E-state index in [4.69, 9.17) is 14.2 Å². The lowest BCUT2D eigenvalue weighted by Crippen LogP contribution is -2.45. The lowest BCUT2D eigenvalue weighted by atomic mass is 9.97. The highest BCUT2D eigenvalue weighted by Crippen LogP contribution is 2.32. The second-order valence-electron chi connectivity index (χ2n) is 11.4. The number of carbonyl (C=O) groups excluding carboxylic acids is 2. The van der Waals surface area contributed by atoms with Crippen LogP contribution >= 0.6 is 0 Å². The van der Waals surface area contributed by atoms with Gasteiger partial charge in [0, 0.05) is 31.1 Å². The highest BCUT2D eigenvalue weighted by Gasteiger charge is 2.37. The molecule has 1 aromatic heterocycles. The lowest BCUT2D eigenvalue weighted by Gasteiger charge is -2.23. The number of nitrogens with zero attached hydrogens (tertiary/aromatic N) is 2. The van der Waals surface area contributed by atoms with Gasteiger partial charge in [-0.3, -0.25) is 9.59 Å². The summed E-state index contributed by atoms with van der Waals surface area (Å²) < 4.78 is 41.9. The number of fused-ring (bicyclic) bond motifs is 7. The van der Waals surface area contributed by atoms with Crippen LogP contribution in [0.4, 0.5) is 5.82 Å². The van der Waals surface area contributed by atoms with E-state index in [1.807, 2.05) is 48.2 Å². The summed E-state index contributed by atoms with van der Waals surface area (Å²) in [6, 6.07) is 21.0. The topological polar surface area (TPSA) is 136 Å². The standard InChI is InChI=1S/C34H34N4O7S/c1-21-7-9-24-15-27(21)23-5-4-6-25(14-23)44-20-33(39)36-16-22-8-11-29(30(13-22)43-2)45-31-19-38(18-28(31)37-34(24)40)32-12-10-26(17-35-32)46(3,41)42/h4-15,17,28,31H,16,18-20H2,1-3H3,(H,36,39)(H,37,40)/t28-,31-/m0/s1. The summed E-state index contributed by atoms with van der Waals surface area (Å²) in [5.74, 6) is 1.48. The van der Waals surface area contributed by atoms with Crippen LogP contribution < -0.4 is 29.7 Å². The molecule has 4 heterocycles. The minimum absolute atomic E-state index is 0.122. The van der Waals surface area contributed by atoms with Crippen LogP contribution in [0.1, 0.15) is 21.5 Å². The molecule has 3 aliphatic heterocycles. The van der Waals surface area contributed by atoms with E-state index >= 15 is 0 Å². The highest BCUT2D eigenvalue weighted by atomic mass is 32.2. The van der Waals surface area contributed by atoms with Crippen molar-refractivity contribution in [3.63, 3.8) is 0 Å². The SMILES string of the molecule is COc1cc2ccc1O[C@H]1CN(c3ccc(S(C)(=O)=O)cn3)C[C@@H]1NC(=O)c1ccc(C)c(c1)-c1cccc(c1)OCC(=O)NC2. The van der Waals surface area contributed by atoms with Crippen LogP contribution in [0.5, 0.6) is 17.2 Å². The molecule has 7 rings (SSSR count). The van der Waals surface area contributed by atoms with E-state index in [9.17, 15) is 18.0 Å². The van der Waals surface area contributed by atoms with E-state index < -0.39 is 22.0 Å². The van der Waals surface area contributed by atoms with Crippen molar-refractivity contribution in [1.29, 1.82) is 0 Å². The Bertz CT molecular complexity index is 1900. The Morgan fingerprint density at radius 1 is 0.978 bits per heavy atom. The number of pyridine rings is 1. The van der Waals surface area contributed by atoms with Gasteiger partial charge in [0.05, 0.1) is 24.6 Å². The Labute approximate surface area is 267 Å². The van der Waals surface area contributed by atoms with Gasteiger partial charge in [-0.15, -0.1) is 0 Å². The van der Waals surface area contributed by atoms with Crippen molar-refractivity contribution < 1.29 is 32.2 Å². The van der Waals surface area contributed by atoms with Crippen LogP contribution in [-0.2, 0) is 21.2 Å². The van der Waals surface area contributed by atoms with Crippen molar-refractivity contribution in [2.24, 2.45) is 0 Å². The molecule has 1 fully saturated rings. The quantitative estimate of drug-likeness (QED) is 0.344. The molecule has 6 bridgehead atoms. The first-order chi connectivity index (χ1) is 22.1. The number of anilines is 1. The minimum atomic E-state index is -3.40. The first kappa shape index (κ1) is 30.9. The number of hydrogen-bond donors (Lipinski definition) is 2. The average molecular weight is 643 g/mol. The second-order valence-corrected chi connectivity index (χ2v) is 13.4.